The van der Waals surface area contributed by atoms with Crippen LogP contribution in [0.15, 0.2) is 12.1 Å². The van der Waals surface area contributed by atoms with Crippen molar-refractivity contribution in [3.05, 3.63) is 21.9 Å². The first-order chi connectivity index (χ1) is 8.43. The molecule has 0 aliphatic carbocycles. The third-order valence-corrected chi connectivity index (χ3v) is 4.02. The van der Waals surface area contributed by atoms with Gasteiger partial charge in [0.25, 0.3) is 0 Å². The van der Waals surface area contributed by atoms with Crippen molar-refractivity contribution in [1.29, 1.82) is 0 Å². The second-order valence-electron chi connectivity index (χ2n) is 4.26. The van der Waals surface area contributed by atoms with Gasteiger partial charge in [-0.05, 0) is 32.4 Å². The zero-order valence-electron chi connectivity index (χ0n) is 10.9. The molecule has 1 aromatic rings. The summed E-state index contributed by atoms with van der Waals surface area (Å²) in [7, 11) is 0. The summed E-state index contributed by atoms with van der Waals surface area (Å²) in [5.41, 5.74) is -1.51. The summed E-state index contributed by atoms with van der Waals surface area (Å²) in [6, 6.07) is 3.84. The molecule has 1 unspecified atom stereocenters. The van der Waals surface area contributed by atoms with Gasteiger partial charge in [-0.1, -0.05) is 6.92 Å². The van der Waals surface area contributed by atoms with E-state index in [4.69, 9.17) is 4.74 Å². The summed E-state index contributed by atoms with van der Waals surface area (Å²) < 4.78 is 4.86. The molecule has 0 amide bonds. The smallest absolute Gasteiger partial charge is 0.323 e. The lowest BCUT2D eigenvalue weighted by atomic mass is 9.86. The predicted octanol–water partition coefficient (Wildman–Crippen LogP) is 2.51. The lowest BCUT2D eigenvalue weighted by Crippen LogP contribution is -2.39. The molecule has 5 heteroatoms. The Bertz CT molecular complexity index is 438. The van der Waals surface area contributed by atoms with E-state index in [-0.39, 0.29) is 13.0 Å². The number of carboxylic acid groups (broad SMARTS) is 1. The minimum atomic E-state index is -1.51. The Morgan fingerprint density at radius 3 is 2.39 bits per heavy atom. The van der Waals surface area contributed by atoms with Gasteiger partial charge in [0.1, 0.15) is 0 Å². The predicted molar refractivity (Wildman–Crippen MR) is 69.8 cm³/mol. The number of ether oxygens (including phenoxy) is 1. The van der Waals surface area contributed by atoms with Crippen LogP contribution in [0.3, 0.4) is 0 Å². The van der Waals surface area contributed by atoms with Crippen molar-refractivity contribution in [2.75, 3.05) is 6.61 Å². The van der Waals surface area contributed by atoms with Crippen LogP contribution in [0.2, 0.25) is 0 Å². The molecule has 0 bridgehead atoms. The second-order valence-corrected chi connectivity index (χ2v) is 5.51. The molecule has 0 aromatic carbocycles. The Labute approximate surface area is 111 Å². The Balaban J connectivity index is 2.92. The topological polar surface area (TPSA) is 63.6 Å². The quantitative estimate of drug-likeness (QED) is 0.637. The van der Waals surface area contributed by atoms with E-state index in [2.05, 4.69) is 0 Å². The maximum atomic E-state index is 11.8. The highest BCUT2D eigenvalue weighted by molar-refractivity contribution is 7.12. The van der Waals surface area contributed by atoms with Gasteiger partial charge in [0.2, 0.25) is 0 Å². The number of esters is 1. The molecule has 1 atom stereocenters. The average Bonchev–Trinajstić information content (AvgIpc) is 2.76. The van der Waals surface area contributed by atoms with Crippen LogP contribution in [-0.2, 0) is 27.2 Å². The molecule has 0 aliphatic rings. The monoisotopic (exact) mass is 270 g/mol. The van der Waals surface area contributed by atoms with Gasteiger partial charge >= 0.3 is 11.9 Å². The number of hydrogen-bond donors (Lipinski definition) is 1. The van der Waals surface area contributed by atoms with Crippen molar-refractivity contribution >= 4 is 23.3 Å². The average molecular weight is 270 g/mol. The molecular formula is C13H18O4S. The van der Waals surface area contributed by atoms with Crippen LogP contribution in [0, 0.1) is 5.41 Å². The van der Waals surface area contributed by atoms with Crippen LogP contribution in [0.1, 0.15) is 30.5 Å². The summed E-state index contributed by atoms with van der Waals surface area (Å²) in [6.45, 7) is 5.31. The van der Waals surface area contributed by atoms with Crippen molar-refractivity contribution in [2.24, 2.45) is 5.41 Å². The molecule has 1 N–H and O–H groups in total. The van der Waals surface area contributed by atoms with Crippen LogP contribution in [0.5, 0.6) is 0 Å². The molecule has 1 aromatic heterocycles. The SMILES string of the molecule is CCOC(=O)C(C)(Cc1ccc(CC)s1)C(=O)O. The number of carbonyl (C=O) groups is 2. The molecule has 0 aliphatic heterocycles. The number of thiophene rings is 1. The fourth-order valence-corrected chi connectivity index (χ4v) is 2.70. The first-order valence-corrected chi connectivity index (χ1v) is 6.73. The molecule has 0 saturated heterocycles. The summed E-state index contributed by atoms with van der Waals surface area (Å²) in [6.07, 6.45) is 1.08. The molecule has 1 heterocycles. The van der Waals surface area contributed by atoms with Crippen LogP contribution in [0.25, 0.3) is 0 Å². The third kappa shape index (κ3) is 3.10. The van der Waals surface area contributed by atoms with Crippen molar-refractivity contribution in [1.82, 2.24) is 0 Å². The molecular weight excluding hydrogens is 252 g/mol. The lowest BCUT2D eigenvalue weighted by Gasteiger charge is -2.21. The Morgan fingerprint density at radius 2 is 1.94 bits per heavy atom. The van der Waals surface area contributed by atoms with E-state index in [0.717, 1.165) is 11.3 Å². The number of aliphatic carboxylic acids is 1. The molecule has 1 rings (SSSR count). The zero-order valence-corrected chi connectivity index (χ0v) is 11.7. The molecule has 18 heavy (non-hydrogen) atoms. The van der Waals surface area contributed by atoms with Gasteiger partial charge in [-0.3, -0.25) is 9.59 Å². The lowest BCUT2D eigenvalue weighted by molar-refractivity contribution is -0.167. The molecule has 4 nitrogen and oxygen atoms in total. The summed E-state index contributed by atoms with van der Waals surface area (Å²) in [4.78, 5) is 25.2. The van der Waals surface area contributed by atoms with E-state index < -0.39 is 17.4 Å². The third-order valence-electron chi connectivity index (χ3n) is 2.79. The van der Waals surface area contributed by atoms with Gasteiger partial charge in [0.15, 0.2) is 5.41 Å². The van der Waals surface area contributed by atoms with E-state index >= 15 is 0 Å². The van der Waals surface area contributed by atoms with Crippen molar-refractivity contribution in [2.45, 2.75) is 33.6 Å². The van der Waals surface area contributed by atoms with E-state index in [9.17, 15) is 14.7 Å². The molecule has 100 valence electrons. The Kier molecular flexibility index (Phi) is 4.90. The van der Waals surface area contributed by atoms with E-state index in [1.165, 1.54) is 11.8 Å². The molecule has 0 saturated carbocycles. The Morgan fingerprint density at radius 1 is 1.33 bits per heavy atom. The van der Waals surface area contributed by atoms with E-state index in [0.29, 0.717) is 0 Å². The first-order valence-electron chi connectivity index (χ1n) is 5.92. The number of rotatable bonds is 6. The van der Waals surface area contributed by atoms with Gasteiger partial charge in [-0.25, -0.2) is 0 Å². The fraction of sp³-hybridized carbons (Fsp3) is 0.538. The normalized spacial score (nSPS) is 13.9. The maximum absolute atomic E-state index is 11.8. The van der Waals surface area contributed by atoms with Gasteiger partial charge in [0, 0.05) is 16.2 Å². The Hall–Kier alpha value is -1.36. The first kappa shape index (κ1) is 14.7. The standard InChI is InChI=1S/C13H18O4S/c1-4-9-6-7-10(18-9)8-13(3,11(14)15)12(16)17-5-2/h6-7H,4-5,8H2,1-3H3,(H,14,15). The van der Waals surface area contributed by atoms with Crippen LogP contribution in [0.4, 0.5) is 0 Å². The molecule has 0 radical (unpaired) electrons. The minimum absolute atomic E-state index is 0.172. The van der Waals surface area contributed by atoms with Crippen molar-refractivity contribution < 1.29 is 19.4 Å². The highest BCUT2D eigenvalue weighted by Crippen LogP contribution is 2.29. The highest BCUT2D eigenvalue weighted by atomic mass is 32.1. The van der Waals surface area contributed by atoms with Gasteiger partial charge in [-0.2, -0.15) is 0 Å². The molecule has 0 spiro atoms. The van der Waals surface area contributed by atoms with Gasteiger partial charge in [0.05, 0.1) is 6.61 Å². The van der Waals surface area contributed by atoms with Gasteiger partial charge in [-0.15, -0.1) is 11.3 Å². The second kappa shape index (κ2) is 6.00. The maximum Gasteiger partial charge on any atom is 0.323 e. The van der Waals surface area contributed by atoms with E-state index in [1.54, 1.807) is 18.3 Å². The summed E-state index contributed by atoms with van der Waals surface area (Å²) in [5.74, 6) is -1.82. The van der Waals surface area contributed by atoms with Crippen molar-refractivity contribution in [3.63, 3.8) is 0 Å². The highest BCUT2D eigenvalue weighted by Gasteiger charge is 2.43. The number of carbonyl (C=O) groups excluding carboxylic acids is 1. The summed E-state index contributed by atoms with van der Waals surface area (Å²) in [5, 5.41) is 9.26. The van der Waals surface area contributed by atoms with Crippen LogP contribution < -0.4 is 0 Å². The van der Waals surface area contributed by atoms with Crippen LogP contribution >= 0.6 is 11.3 Å². The number of hydrogen-bond acceptors (Lipinski definition) is 4. The number of carboxylic acids is 1. The zero-order chi connectivity index (χ0) is 13.8. The van der Waals surface area contributed by atoms with Crippen molar-refractivity contribution in [3.8, 4) is 0 Å². The fourth-order valence-electron chi connectivity index (χ4n) is 1.58. The van der Waals surface area contributed by atoms with E-state index in [1.807, 2.05) is 19.1 Å². The molecule has 0 fully saturated rings. The minimum Gasteiger partial charge on any atom is -0.480 e. The van der Waals surface area contributed by atoms with Crippen LogP contribution in [-0.4, -0.2) is 23.7 Å². The summed E-state index contributed by atoms with van der Waals surface area (Å²) >= 11 is 1.54. The largest absolute Gasteiger partial charge is 0.480 e. The number of aryl methyl sites for hydroxylation is 1. The van der Waals surface area contributed by atoms with Gasteiger partial charge < -0.3 is 9.84 Å².